The maximum atomic E-state index is 12.7. The van der Waals surface area contributed by atoms with Gasteiger partial charge in [-0.1, -0.05) is 72.0 Å². The number of unbranched alkanes of at least 4 members (excludes halogenated alkanes) is 2. The number of alkyl carbamates (subject to hydrolysis) is 1. The lowest BCUT2D eigenvalue weighted by molar-refractivity contribution is -0.133. The van der Waals surface area contributed by atoms with Crippen LogP contribution in [0.2, 0.25) is 0 Å². The molecular weight excluding hydrogens is 576 g/mol. The lowest BCUT2D eigenvalue weighted by Gasteiger charge is -2.58. The monoisotopic (exact) mass is 642 g/mol. The van der Waals surface area contributed by atoms with E-state index in [9.17, 15) is 19.8 Å². The number of hydrogen-bond acceptors (Lipinski definition) is 5. The molecule has 0 aromatic rings. The number of ether oxygens (including phenoxy) is 1. The van der Waals surface area contributed by atoms with Crippen molar-refractivity contribution in [2.75, 3.05) is 19.7 Å². The number of hydrogen-bond donors (Lipinski definition) is 3. The van der Waals surface area contributed by atoms with Crippen LogP contribution in [0.5, 0.6) is 0 Å². The molecule has 5 aliphatic rings. The van der Waals surface area contributed by atoms with E-state index in [0.717, 1.165) is 74.0 Å². The minimum absolute atomic E-state index is 0.00703. The molecule has 2 amide bonds. The molecule has 4 fully saturated rings. The summed E-state index contributed by atoms with van der Waals surface area (Å²) in [5.74, 6) is 4.98. The van der Waals surface area contributed by atoms with E-state index in [1.807, 2.05) is 0 Å². The second-order valence-electron chi connectivity index (χ2n) is 17.1. The van der Waals surface area contributed by atoms with Crippen molar-refractivity contribution in [3.05, 3.63) is 11.6 Å². The number of aliphatic hydroxyl groups excluding tert-OH is 2. The average molecular weight is 643 g/mol. The Bertz CT molecular complexity index is 1080. The molecule has 10 atom stereocenters. The number of carbonyl (C=O) groups excluding carboxylic acids is 2. The van der Waals surface area contributed by atoms with Crippen LogP contribution in [0.4, 0.5) is 4.79 Å². The minimum Gasteiger partial charge on any atom is -0.446 e. The molecule has 5 rings (SSSR count). The van der Waals surface area contributed by atoms with E-state index in [0.29, 0.717) is 31.3 Å². The molecule has 0 aromatic carbocycles. The Morgan fingerprint density at radius 1 is 1.02 bits per heavy atom. The zero-order valence-electron chi connectivity index (χ0n) is 29.8. The van der Waals surface area contributed by atoms with Crippen LogP contribution in [0, 0.1) is 46.3 Å². The van der Waals surface area contributed by atoms with Gasteiger partial charge in [0.2, 0.25) is 5.91 Å². The van der Waals surface area contributed by atoms with Crippen molar-refractivity contribution in [2.24, 2.45) is 46.3 Å². The molecule has 262 valence electrons. The van der Waals surface area contributed by atoms with E-state index in [1.54, 1.807) is 10.5 Å². The molecule has 0 radical (unpaired) electrons. The zero-order valence-corrected chi connectivity index (χ0v) is 29.8. The van der Waals surface area contributed by atoms with Crippen LogP contribution in [0.15, 0.2) is 11.6 Å². The summed E-state index contributed by atoms with van der Waals surface area (Å²) in [6.07, 6.45) is 18.8. The number of fused-ring (bicyclic) bond motifs is 5. The zero-order chi connectivity index (χ0) is 33.1. The van der Waals surface area contributed by atoms with Gasteiger partial charge in [0.1, 0.15) is 6.10 Å². The van der Waals surface area contributed by atoms with Gasteiger partial charge in [0.05, 0.1) is 18.8 Å². The summed E-state index contributed by atoms with van der Waals surface area (Å²) >= 11 is 0. The first-order valence-electron chi connectivity index (χ1n) is 19.2. The van der Waals surface area contributed by atoms with Gasteiger partial charge in [-0.2, -0.15) is 0 Å². The summed E-state index contributed by atoms with van der Waals surface area (Å²) in [5, 5.41) is 22.2. The number of likely N-dealkylation sites (tertiary alicyclic amines) is 1. The molecule has 1 heterocycles. The van der Waals surface area contributed by atoms with E-state index in [4.69, 9.17) is 4.74 Å². The van der Waals surface area contributed by atoms with Gasteiger partial charge in [0.15, 0.2) is 0 Å². The van der Waals surface area contributed by atoms with Gasteiger partial charge in [-0.3, -0.25) is 4.79 Å². The second-order valence-corrected chi connectivity index (χ2v) is 17.1. The van der Waals surface area contributed by atoms with Crippen LogP contribution in [-0.2, 0) is 9.53 Å². The van der Waals surface area contributed by atoms with Crippen LogP contribution < -0.4 is 5.32 Å². The van der Waals surface area contributed by atoms with E-state index in [2.05, 4.69) is 46.0 Å². The van der Waals surface area contributed by atoms with Gasteiger partial charge in [-0.25, -0.2) is 4.79 Å². The maximum absolute atomic E-state index is 12.7. The Morgan fingerprint density at radius 3 is 2.59 bits per heavy atom. The molecule has 7 nitrogen and oxygen atoms in total. The molecule has 6 unspecified atom stereocenters. The molecular formula is C39H66N2O5. The van der Waals surface area contributed by atoms with Crippen molar-refractivity contribution in [3.63, 3.8) is 0 Å². The van der Waals surface area contributed by atoms with Crippen LogP contribution in [0.25, 0.3) is 0 Å². The molecule has 1 aliphatic heterocycles. The van der Waals surface area contributed by atoms with Gasteiger partial charge in [-0.05, 0) is 111 Å². The Kier molecular flexibility index (Phi) is 11.9. The number of amides is 2. The van der Waals surface area contributed by atoms with Crippen LogP contribution in [0.1, 0.15) is 137 Å². The summed E-state index contributed by atoms with van der Waals surface area (Å²) in [5.41, 5.74) is 2.31. The first-order valence-corrected chi connectivity index (χ1v) is 19.2. The van der Waals surface area contributed by atoms with Crippen molar-refractivity contribution in [2.45, 2.75) is 156 Å². The number of aliphatic hydroxyl groups is 2. The molecule has 0 spiro atoms. The molecule has 0 aromatic heterocycles. The van der Waals surface area contributed by atoms with Crippen LogP contribution >= 0.6 is 0 Å². The summed E-state index contributed by atoms with van der Waals surface area (Å²) < 4.78 is 5.94. The Labute approximate surface area is 279 Å². The largest absolute Gasteiger partial charge is 0.446 e. The smallest absolute Gasteiger partial charge is 0.407 e. The Hall–Kier alpha value is -1.60. The van der Waals surface area contributed by atoms with Crippen LogP contribution in [-0.4, -0.2) is 65.1 Å². The SMILES string of the molecule is CC(C)CCC[C@@H](C)[C@H]1CCC2C3CC=C4C[C@@H](OC(=O)NCCCCCC(=O)N5CC(O)C[C@H]5CO)CCC4(C)C3CCC21C. The lowest BCUT2D eigenvalue weighted by atomic mass is 9.47. The number of β-amino-alcohol motifs (C(OH)–C–C–N with tert-alkyl or cyclic N) is 1. The average Bonchev–Trinajstić information content (AvgIpc) is 3.58. The van der Waals surface area contributed by atoms with Gasteiger partial charge in [-0.15, -0.1) is 0 Å². The number of rotatable bonds is 13. The highest BCUT2D eigenvalue weighted by Gasteiger charge is 2.59. The summed E-state index contributed by atoms with van der Waals surface area (Å²) in [7, 11) is 0. The van der Waals surface area contributed by atoms with Crippen LogP contribution in [0.3, 0.4) is 0 Å². The first-order chi connectivity index (χ1) is 22.0. The fourth-order valence-electron chi connectivity index (χ4n) is 11.2. The minimum atomic E-state index is -0.540. The van der Waals surface area contributed by atoms with Crippen molar-refractivity contribution >= 4 is 12.0 Å². The van der Waals surface area contributed by atoms with Crippen molar-refractivity contribution in [3.8, 4) is 0 Å². The standard InChI is InChI=1S/C39H66N2O5/c1-26(2)10-9-11-27(3)33-15-16-34-32-14-13-28-22-31(17-19-38(28,4)35(32)18-20-39(33,34)5)46-37(45)40-21-8-6-7-12-36(44)41-24-30(43)23-29(41)25-42/h13,26-27,29-35,42-43H,6-12,14-25H2,1-5H3,(H,40,45)/t27-,29+,30?,31+,32?,33-,34?,35?,38?,39?/m1/s1. The number of carbonyl (C=O) groups is 2. The summed E-state index contributed by atoms with van der Waals surface area (Å²) in [4.78, 5) is 26.8. The molecule has 3 saturated carbocycles. The van der Waals surface area contributed by atoms with Gasteiger partial charge < -0.3 is 25.2 Å². The first kappa shape index (κ1) is 35.7. The molecule has 7 heteroatoms. The summed E-state index contributed by atoms with van der Waals surface area (Å²) in [6, 6.07) is -0.265. The van der Waals surface area contributed by atoms with Gasteiger partial charge in [0, 0.05) is 25.9 Å². The Morgan fingerprint density at radius 2 is 1.83 bits per heavy atom. The predicted octanol–water partition coefficient (Wildman–Crippen LogP) is 7.64. The molecule has 3 N–H and O–H groups in total. The number of nitrogens with zero attached hydrogens (tertiary/aromatic N) is 1. The van der Waals surface area contributed by atoms with E-state index in [1.165, 1.54) is 51.4 Å². The van der Waals surface area contributed by atoms with E-state index < -0.39 is 6.10 Å². The molecule has 0 bridgehead atoms. The fourth-order valence-corrected chi connectivity index (χ4v) is 11.2. The van der Waals surface area contributed by atoms with E-state index >= 15 is 0 Å². The van der Waals surface area contributed by atoms with Gasteiger partial charge >= 0.3 is 6.09 Å². The normalized spacial score (nSPS) is 37.7. The topological polar surface area (TPSA) is 99.1 Å². The highest BCUT2D eigenvalue weighted by atomic mass is 16.6. The highest BCUT2D eigenvalue weighted by molar-refractivity contribution is 5.77. The van der Waals surface area contributed by atoms with Crippen molar-refractivity contribution in [1.82, 2.24) is 10.2 Å². The second kappa shape index (κ2) is 15.3. The fraction of sp³-hybridized carbons (Fsp3) is 0.897. The number of nitrogens with one attached hydrogen (secondary N) is 1. The molecule has 46 heavy (non-hydrogen) atoms. The number of allylic oxidation sites excluding steroid dienone is 1. The third-order valence-electron chi connectivity index (χ3n) is 13.8. The third kappa shape index (κ3) is 7.66. The van der Waals surface area contributed by atoms with Crippen molar-refractivity contribution < 1.29 is 24.5 Å². The summed E-state index contributed by atoms with van der Waals surface area (Å²) in [6.45, 7) is 13.2. The third-order valence-corrected chi connectivity index (χ3v) is 13.8. The Balaban J connectivity index is 1.04. The molecule has 4 aliphatic carbocycles. The quantitative estimate of drug-likeness (QED) is 0.142. The highest BCUT2D eigenvalue weighted by Crippen LogP contribution is 2.67. The van der Waals surface area contributed by atoms with E-state index in [-0.39, 0.29) is 36.2 Å². The predicted molar refractivity (Wildman–Crippen MR) is 183 cm³/mol. The van der Waals surface area contributed by atoms with Crippen molar-refractivity contribution in [1.29, 1.82) is 0 Å². The lowest BCUT2D eigenvalue weighted by Crippen LogP contribution is -2.51. The maximum Gasteiger partial charge on any atom is 0.407 e. The molecule has 1 saturated heterocycles. The van der Waals surface area contributed by atoms with Gasteiger partial charge in [0.25, 0.3) is 0 Å².